The van der Waals surface area contributed by atoms with Crippen LogP contribution in [-0.2, 0) is 10.0 Å². The molecule has 0 saturated carbocycles. The Morgan fingerprint density at radius 2 is 2.04 bits per heavy atom. The number of carbonyl (C=O) groups excluding carboxylic acids is 1. The lowest BCUT2D eigenvalue weighted by molar-refractivity contribution is 0.0945. The monoisotopic (exact) mass is 368 g/mol. The molecule has 1 amide bonds. The fourth-order valence-electron chi connectivity index (χ4n) is 2.71. The highest BCUT2D eigenvalue weighted by molar-refractivity contribution is 7.88. The summed E-state index contributed by atoms with van der Waals surface area (Å²) >= 11 is 1.51. The van der Waals surface area contributed by atoms with Crippen LogP contribution in [0.1, 0.15) is 10.4 Å². The summed E-state index contributed by atoms with van der Waals surface area (Å²) in [5.74, 6) is -0.0972. The quantitative estimate of drug-likeness (QED) is 0.836. The van der Waals surface area contributed by atoms with Gasteiger partial charge in [0.05, 0.1) is 22.0 Å². The molecule has 0 bridgehead atoms. The molecule has 1 aliphatic heterocycles. The Bertz CT molecular complexity index is 826. The van der Waals surface area contributed by atoms with Gasteiger partial charge in [-0.05, 0) is 18.2 Å². The first-order valence-corrected chi connectivity index (χ1v) is 10.5. The van der Waals surface area contributed by atoms with Crippen molar-refractivity contribution in [2.45, 2.75) is 0 Å². The van der Waals surface area contributed by atoms with Crippen LogP contribution in [0.2, 0.25) is 0 Å². The van der Waals surface area contributed by atoms with Crippen LogP contribution in [0.25, 0.3) is 10.2 Å². The Morgan fingerprint density at radius 3 is 2.75 bits per heavy atom. The summed E-state index contributed by atoms with van der Waals surface area (Å²) in [6, 6.07) is 5.49. The summed E-state index contributed by atoms with van der Waals surface area (Å²) < 4.78 is 25.4. The molecule has 0 unspecified atom stereocenters. The van der Waals surface area contributed by atoms with Crippen molar-refractivity contribution in [2.24, 2.45) is 0 Å². The van der Waals surface area contributed by atoms with E-state index in [1.165, 1.54) is 21.9 Å². The number of hydrogen-bond acceptors (Lipinski definition) is 6. The average Bonchev–Trinajstić information content (AvgIpc) is 3.02. The van der Waals surface area contributed by atoms with Crippen molar-refractivity contribution >= 4 is 37.5 Å². The number of sulfonamides is 1. The minimum absolute atomic E-state index is 0.0972. The number of amides is 1. The maximum Gasteiger partial charge on any atom is 0.251 e. The molecule has 1 aromatic carbocycles. The zero-order chi connectivity index (χ0) is 17.2. The number of rotatable bonds is 5. The van der Waals surface area contributed by atoms with Crippen LogP contribution in [0, 0.1) is 0 Å². The van der Waals surface area contributed by atoms with Crippen LogP contribution in [0.5, 0.6) is 0 Å². The highest BCUT2D eigenvalue weighted by Crippen LogP contribution is 2.18. The third kappa shape index (κ3) is 4.10. The van der Waals surface area contributed by atoms with Gasteiger partial charge in [-0.3, -0.25) is 9.69 Å². The van der Waals surface area contributed by atoms with Gasteiger partial charge in [-0.25, -0.2) is 13.4 Å². The second kappa shape index (κ2) is 7.14. The molecular formula is C15H20N4O3S2. The lowest BCUT2D eigenvalue weighted by Gasteiger charge is -2.33. The number of aromatic nitrogens is 1. The fraction of sp³-hybridized carbons (Fsp3) is 0.467. The Hall–Kier alpha value is -1.55. The SMILES string of the molecule is CS(=O)(=O)N1CCN(CCNC(=O)c2ccc3ncsc3c2)CC1. The third-order valence-corrected chi connectivity index (χ3v) is 6.20. The maximum atomic E-state index is 12.2. The molecule has 2 aromatic rings. The van der Waals surface area contributed by atoms with E-state index in [0.717, 1.165) is 10.2 Å². The molecule has 1 saturated heterocycles. The Morgan fingerprint density at radius 1 is 1.29 bits per heavy atom. The normalized spacial score (nSPS) is 17.2. The van der Waals surface area contributed by atoms with Crippen molar-refractivity contribution in [2.75, 3.05) is 45.5 Å². The summed E-state index contributed by atoms with van der Waals surface area (Å²) in [5.41, 5.74) is 3.30. The van der Waals surface area contributed by atoms with E-state index in [1.807, 2.05) is 12.1 Å². The first-order valence-electron chi connectivity index (χ1n) is 7.72. The van der Waals surface area contributed by atoms with Crippen molar-refractivity contribution < 1.29 is 13.2 Å². The van der Waals surface area contributed by atoms with E-state index in [1.54, 1.807) is 11.6 Å². The van der Waals surface area contributed by atoms with Gasteiger partial charge in [0.25, 0.3) is 5.91 Å². The Kier molecular flexibility index (Phi) is 5.14. The van der Waals surface area contributed by atoms with Gasteiger partial charge in [-0.2, -0.15) is 4.31 Å². The second-order valence-electron chi connectivity index (χ2n) is 5.79. The summed E-state index contributed by atoms with van der Waals surface area (Å²) in [7, 11) is -3.10. The van der Waals surface area contributed by atoms with Crippen LogP contribution in [0.3, 0.4) is 0 Å². The van der Waals surface area contributed by atoms with E-state index in [4.69, 9.17) is 0 Å². The van der Waals surface area contributed by atoms with Crippen LogP contribution in [0.15, 0.2) is 23.7 Å². The van der Waals surface area contributed by atoms with Crippen LogP contribution in [0.4, 0.5) is 0 Å². The smallest absolute Gasteiger partial charge is 0.251 e. The van der Waals surface area contributed by atoms with E-state index in [9.17, 15) is 13.2 Å². The van der Waals surface area contributed by atoms with Gasteiger partial charge in [0.2, 0.25) is 10.0 Å². The number of thiazole rings is 1. The molecule has 9 heteroatoms. The predicted molar refractivity (Wildman–Crippen MR) is 94.8 cm³/mol. The molecule has 2 heterocycles. The van der Waals surface area contributed by atoms with Gasteiger partial charge >= 0.3 is 0 Å². The number of fused-ring (bicyclic) bond motifs is 1. The Labute approximate surface area is 145 Å². The molecule has 0 spiro atoms. The molecule has 24 heavy (non-hydrogen) atoms. The lowest BCUT2D eigenvalue weighted by atomic mass is 10.2. The number of benzene rings is 1. The van der Waals surface area contributed by atoms with E-state index >= 15 is 0 Å². The zero-order valence-electron chi connectivity index (χ0n) is 13.4. The first-order chi connectivity index (χ1) is 11.4. The van der Waals surface area contributed by atoms with Gasteiger partial charge in [0, 0.05) is 44.8 Å². The molecular weight excluding hydrogens is 348 g/mol. The predicted octanol–water partition coefficient (Wildman–Crippen LogP) is 0.603. The first kappa shape index (κ1) is 17.3. The zero-order valence-corrected chi connectivity index (χ0v) is 15.1. The van der Waals surface area contributed by atoms with Crippen molar-refractivity contribution in [3.63, 3.8) is 0 Å². The molecule has 1 aromatic heterocycles. The molecule has 1 fully saturated rings. The van der Waals surface area contributed by atoms with E-state index in [0.29, 0.717) is 44.8 Å². The van der Waals surface area contributed by atoms with Crippen molar-refractivity contribution in [1.82, 2.24) is 19.5 Å². The largest absolute Gasteiger partial charge is 0.351 e. The van der Waals surface area contributed by atoms with Crippen molar-refractivity contribution in [3.05, 3.63) is 29.3 Å². The Balaban J connectivity index is 1.46. The van der Waals surface area contributed by atoms with Crippen molar-refractivity contribution in [3.8, 4) is 0 Å². The number of carbonyl (C=O) groups is 1. The second-order valence-corrected chi connectivity index (χ2v) is 8.66. The summed E-state index contributed by atoms with van der Waals surface area (Å²) in [4.78, 5) is 18.6. The number of piperazine rings is 1. The minimum atomic E-state index is -3.10. The van der Waals surface area contributed by atoms with Crippen LogP contribution in [-0.4, -0.2) is 74.0 Å². The highest BCUT2D eigenvalue weighted by Gasteiger charge is 2.22. The van der Waals surface area contributed by atoms with Gasteiger partial charge in [0.15, 0.2) is 0 Å². The van der Waals surface area contributed by atoms with Gasteiger partial charge in [-0.15, -0.1) is 11.3 Å². The van der Waals surface area contributed by atoms with E-state index in [-0.39, 0.29) is 5.91 Å². The standard InChI is InChI=1S/C15H20N4O3S2/c1-24(21,22)19-8-6-18(7-9-19)5-4-16-15(20)12-2-3-13-14(10-12)23-11-17-13/h2-3,10-11H,4-9H2,1H3,(H,16,20). The van der Waals surface area contributed by atoms with E-state index < -0.39 is 10.0 Å². The highest BCUT2D eigenvalue weighted by atomic mass is 32.2. The molecule has 0 radical (unpaired) electrons. The van der Waals surface area contributed by atoms with Gasteiger partial charge in [-0.1, -0.05) is 0 Å². The summed E-state index contributed by atoms with van der Waals surface area (Å²) in [6.07, 6.45) is 1.24. The molecule has 130 valence electrons. The minimum Gasteiger partial charge on any atom is -0.351 e. The number of hydrogen-bond donors (Lipinski definition) is 1. The fourth-order valence-corrected chi connectivity index (χ4v) is 4.25. The third-order valence-electron chi connectivity index (χ3n) is 4.11. The molecule has 1 aliphatic rings. The number of nitrogens with one attached hydrogen (secondary N) is 1. The van der Waals surface area contributed by atoms with Crippen LogP contribution >= 0.6 is 11.3 Å². The average molecular weight is 368 g/mol. The molecule has 1 N–H and O–H groups in total. The topological polar surface area (TPSA) is 82.6 Å². The van der Waals surface area contributed by atoms with E-state index in [2.05, 4.69) is 15.2 Å². The van der Waals surface area contributed by atoms with Gasteiger partial charge < -0.3 is 5.32 Å². The molecule has 0 atom stereocenters. The van der Waals surface area contributed by atoms with Gasteiger partial charge in [0.1, 0.15) is 0 Å². The summed E-state index contributed by atoms with van der Waals surface area (Å²) in [6.45, 7) is 3.65. The summed E-state index contributed by atoms with van der Waals surface area (Å²) in [5, 5.41) is 2.92. The lowest BCUT2D eigenvalue weighted by Crippen LogP contribution is -2.49. The number of nitrogens with zero attached hydrogens (tertiary/aromatic N) is 3. The van der Waals surface area contributed by atoms with Crippen LogP contribution < -0.4 is 5.32 Å². The molecule has 3 rings (SSSR count). The maximum absolute atomic E-state index is 12.2. The van der Waals surface area contributed by atoms with Crippen molar-refractivity contribution in [1.29, 1.82) is 0 Å². The molecule has 0 aliphatic carbocycles. The molecule has 7 nitrogen and oxygen atoms in total.